The Balaban J connectivity index is 1.82. The topological polar surface area (TPSA) is 0 Å². The van der Waals surface area contributed by atoms with E-state index in [4.69, 9.17) is 0 Å². The molecular formula is C18H18BrF. The first-order valence-corrected chi connectivity index (χ1v) is 8.03. The maximum absolute atomic E-state index is 13.4. The molecule has 2 aromatic rings. The number of fused-ring (bicyclic) bond motifs is 1. The molecule has 3 rings (SSSR count). The average molecular weight is 333 g/mol. The standard InChI is InChI=1S/C18H18BrF/c1-12-10-15(8-9-17(12)20)18(19)16-7-6-13-4-2-3-5-14(13)11-16/h2-5,8-10,16,18H,6-7,11H2,1H3. The van der Waals surface area contributed by atoms with Crippen LogP contribution < -0.4 is 0 Å². The number of aryl methyl sites for hydroxylation is 2. The highest BCUT2D eigenvalue weighted by molar-refractivity contribution is 9.09. The monoisotopic (exact) mass is 332 g/mol. The maximum atomic E-state index is 13.4. The summed E-state index contributed by atoms with van der Waals surface area (Å²) in [6, 6.07) is 14.2. The third-order valence-electron chi connectivity index (χ3n) is 4.30. The van der Waals surface area contributed by atoms with Crippen molar-refractivity contribution in [3.63, 3.8) is 0 Å². The van der Waals surface area contributed by atoms with Crippen LogP contribution in [-0.4, -0.2) is 0 Å². The van der Waals surface area contributed by atoms with Crippen LogP contribution in [0.3, 0.4) is 0 Å². The number of hydrogen-bond donors (Lipinski definition) is 0. The van der Waals surface area contributed by atoms with Gasteiger partial charge in [0.1, 0.15) is 5.82 Å². The van der Waals surface area contributed by atoms with E-state index >= 15 is 0 Å². The fourth-order valence-corrected chi connectivity index (χ4v) is 3.82. The number of hydrogen-bond acceptors (Lipinski definition) is 0. The van der Waals surface area contributed by atoms with E-state index in [1.807, 2.05) is 19.1 Å². The zero-order chi connectivity index (χ0) is 14.1. The van der Waals surface area contributed by atoms with Gasteiger partial charge in [-0.1, -0.05) is 52.3 Å². The van der Waals surface area contributed by atoms with Crippen molar-refractivity contribution in [2.45, 2.75) is 31.0 Å². The van der Waals surface area contributed by atoms with Gasteiger partial charge >= 0.3 is 0 Å². The lowest BCUT2D eigenvalue weighted by Crippen LogP contribution is -2.18. The molecule has 2 atom stereocenters. The smallest absolute Gasteiger partial charge is 0.126 e. The van der Waals surface area contributed by atoms with Crippen LogP contribution in [0, 0.1) is 18.7 Å². The SMILES string of the molecule is Cc1cc(C(Br)C2CCc3ccccc3C2)ccc1F. The van der Waals surface area contributed by atoms with Crippen molar-refractivity contribution >= 4 is 15.9 Å². The van der Waals surface area contributed by atoms with Gasteiger partial charge in [-0.2, -0.15) is 0 Å². The van der Waals surface area contributed by atoms with Crippen molar-refractivity contribution < 1.29 is 4.39 Å². The Morgan fingerprint density at radius 3 is 2.65 bits per heavy atom. The summed E-state index contributed by atoms with van der Waals surface area (Å²) in [6.45, 7) is 1.83. The van der Waals surface area contributed by atoms with Gasteiger partial charge in [0.05, 0.1) is 0 Å². The molecule has 0 aliphatic heterocycles. The van der Waals surface area contributed by atoms with Gasteiger partial charge in [0.2, 0.25) is 0 Å². The lowest BCUT2D eigenvalue weighted by Gasteiger charge is -2.28. The van der Waals surface area contributed by atoms with Crippen LogP contribution >= 0.6 is 15.9 Å². The van der Waals surface area contributed by atoms with Gasteiger partial charge in [-0.15, -0.1) is 0 Å². The van der Waals surface area contributed by atoms with Gasteiger partial charge in [0.15, 0.2) is 0 Å². The molecule has 0 nitrogen and oxygen atoms in total. The summed E-state index contributed by atoms with van der Waals surface area (Å²) in [4.78, 5) is 0.301. The summed E-state index contributed by atoms with van der Waals surface area (Å²) < 4.78 is 13.4. The van der Waals surface area contributed by atoms with Gasteiger partial charge in [-0.3, -0.25) is 0 Å². The van der Waals surface area contributed by atoms with Crippen molar-refractivity contribution in [2.24, 2.45) is 5.92 Å². The maximum Gasteiger partial charge on any atom is 0.126 e. The zero-order valence-electron chi connectivity index (χ0n) is 11.6. The molecule has 2 unspecified atom stereocenters. The first-order chi connectivity index (χ1) is 9.65. The molecule has 0 radical (unpaired) electrons. The Morgan fingerprint density at radius 2 is 1.90 bits per heavy atom. The molecule has 0 fully saturated rings. The van der Waals surface area contributed by atoms with Crippen molar-refractivity contribution in [1.29, 1.82) is 0 Å². The summed E-state index contributed by atoms with van der Waals surface area (Å²) in [5.74, 6) is 0.456. The van der Waals surface area contributed by atoms with E-state index in [1.54, 1.807) is 6.07 Å². The van der Waals surface area contributed by atoms with E-state index in [2.05, 4.69) is 40.2 Å². The predicted octanol–water partition coefficient (Wildman–Crippen LogP) is 5.38. The second-order valence-electron chi connectivity index (χ2n) is 5.68. The molecule has 0 spiro atoms. The quantitative estimate of drug-likeness (QED) is 0.648. The lowest BCUT2D eigenvalue weighted by atomic mass is 9.80. The van der Waals surface area contributed by atoms with Gasteiger partial charge in [-0.25, -0.2) is 4.39 Å². The minimum atomic E-state index is -0.123. The Hall–Kier alpha value is -1.15. The largest absolute Gasteiger partial charge is 0.207 e. The summed E-state index contributed by atoms with van der Waals surface area (Å²) >= 11 is 3.84. The highest BCUT2D eigenvalue weighted by Crippen LogP contribution is 2.39. The number of rotatable bonds is 2. The number of benzene rings is 2. The molecule has 1 aliphatic rings. The average Bonchev–Trinajstić information content (AvgIpc) is 2.49. The van der Waals surface area contributed by atoms with Gasteiger partial charge < -0.3 is 0 Å². The van der Waals surface area contributed by atoms with Gasteiger partial charge in [0, 0.05) is 4.83 Å². The van der Waals surface area contributed by atoms with Crippen LogP contribution in [0.4, 0.5) is 4.39 Å². The van der Waals surface area contributed by atoms with Crippen LogP contribution in [0.1, 0.15) is 33.5 Å². The molecule has 0 amide bonds. The number of halogens is 2. The molecule has 0 bridgehead atoms. The molecule has 0 aromatic heterocycles. The molecule has 0 saturated heterocycles. The molecular weight excluding hydrogens is 315 g/mol. The highest BCUT2D eigenvalue weighted by atomic mass is 79.9. The van der Waals surface area contributed by atoms with Crippen LogP contribution in [0.2, 0.25) is 0 Å². The molecule has 2 aromatic carbocycles. The van der Waals surface area contributed by atoms with E-state index in [0.717, 1.165) is 18.4 Å². The van der Waals surface area contributed by atoms with E-state index in [0.29, 0.717) is 10.7 Å². The van der Waals surface area contributed by atoms with Crippen molar-refractivity contribution in [1.82, 2.24) is 0 Å². The Bertz CT molecular complexity index is 621. The van der Waals surface area contributed by atoms with E-state index in [-0.39, 0.29) is 5.82 Å². The van der Waals surface area contributed by atoms with Crippen LogP contribution in [-0.2, 0) is 12.8 Å². The second kappa shape index (κ2) is 5.69. The Kier molecular flexibility index (Phi) is 3.93. The fourth-order valence-electron chi connectivity index (χ4n) is 3.09. The molecule has 104 valence electrons. The Labute approximate surface area is 128 Å². The van der Waals surface area contributed by atoms with Crippen LogP contribution in [0.15, 0.2) is 42.5 Å². The third kappa shape index (κ3) is 2.67. The van der Waals surface area contributed by atoms with Gasteiger partial charge in [-0.05, 0) is 60.4 Å². The first kappa shape index (κ1) is 13.8. The van der Waals surface area contributed by atoms with Crippen LogP contribution in [0.5, 0.6) is 0 Å². The molecule has 2 heteroatoms. The molecule has 1 aliphatic carbocycles. The molecule has 0 heterocycles. The van der Waals surface area contributed by atoms with Gasteiger partial charge in [0.25, 0.3) is 0 Å². The fraction of sp³-hybridized carbons (Fsp3) is 0.333. The minimum Gasteiger partial charge on any atom is -0.207 e. The van der Waals surface area contributed by atoms with E-state index in [9.17, 15) is 4.39 Å². The van der Waals surface area contributed by atoms with Crippen molar-refractivity contribution in [2.75, 3.05) is 0 Å². The van der Waals surface area contributed by atoms with Crippen LogP contribution in [0.25, 0.3) is 0 Å². The third-order valence-corrected chi connectivity index (χ3v) is 5.58. The van der Waals surface area contributed by atoms with E-state index in [1.165, 1.54) is 23.1 Å². The molecule has 0 N–H and O–H groups in total. The lowest BCUT2D eigenvalue weighted by molar-refractivity contribution is 0.452. The predicted molar refractivity (Wildman–Crippen MR) is 84.8 cm³/mol. The van der Waals surface area contributed by atoms with E-state index < -0.39 is 0 Å². The minimum absolute atomic E-state index is 0.123. The first-order valence-electron chi connectivity index (χ1n) is 7.12. The highest BCUT2D eigenvalue weighted by Gasteiger charge is 2.25. The summed E-state index contributed by atoms with van der Waals surface area (Å²) in [7, 11) is 0. The van der Waals surface area contributed by atoms with Crippen molar-refractivity contribution in [3.8, 4) is 0 Å². The normalized spacial score (nSPS) is 19.4. The summed E-state index contributed by atoms with van der Waals surface area (Å²) in [5, 5.41) is 0. The number of alkyl halides is 1. The summed E-state index contributed by atoms with van der Waals surface area (Å²) in [6.07, 6.45) is 3.43. The molecule has 20 heavy (non-hydrogen) atoms. The second-order valence-corrected chi connectivity index (χ2v) is 6.67. The summed E-state index contributed by atoms with van der Waals surface area (Å²) in [5.41, 5.74) is 4.86. The molecule has 0 saturated carbocycles. The van der Waals surface area contributed by atoms with Crippen molar-refractivity contribution in [3.05, 3.63) is 70.5 Å². The Morgan fingerprint density at radius 1 is 1.15 bits per heavy atom. The zero-order valence-corrected chi connectivity index (χ0v) is 13.2.